The molecule has 0 amide bonds. The van der Waals surface area contributed by atoms with Crippen molar-refractivity contribution in [2.75, 3.05) is 33.4 Å². The molecule has 0 aliphatic heterocycles. The Morgan fingerprint density at radius 1 is 1.41 bits per heavy atom. The maximum Gasteiger partial charge on any atom is 0.323 e. The molecule has 17 heavy (non-hydrogen) atoms. The van der Waals surface area contributed by atoms with Crippen LogP contribution in [0.5, 0.6) is 0 Å². The summed E-state index contributed by atoms with van der Waals surface area (Å²) in [6.45, 7) is 5.85. The van der Waals surface area contributed by atoms with Gasteiger partial charge in [-0.05, 0) is 13.3 Å². The molecule has 0 spiro atoms. The minimum Gasteiger partial charge on any atom is -0.465 e. The third kappa shape index (κ3) is 6.25. The van der Waals surface area contributed by atoms with Crippen LogP contribution in [-0.2, 0) is 14.3 Å². The van der Waals surface area contributed by atoms with Crippen LogP contribution in [0.2, 0.25) is 0 Å². The van der Waals surface area contributed by atoms with Gasteiger partial charge in [-0.1, -0.05) is 6.92 Å². The number of esters is 1. The summed E-state index contributed by atoms with van der Waals surface area (Å²) in [4.78, 5) is 13.7. The van der Waals surface area contributed by atoms with Gasteiger partial charge in [0.2, 0.25) is 0 Å². The molecule has 0 radical (unpaired) electrons. The smallest absolute Gasteiger partial charge is 0.323 e. The normalized spacial score (nSPS) is 12.2. The molecule has 0 fully saturated rings. The molecular formula is C12H22N2O3. The summed E-state index contributed by atoms with van der Waals surface area (Å²) < 4.78 is 10.0. The van der Waals surface area contributed by atoms with Crippen molar-refractivity contribution in [2.24, 2.45) is 0 Å². The van der Waals surface area contributed by atoms with Gasteiger partial charge in [0, 0.05) is 26.6 Å². The number of nitrogens with zero attached hydrogens (tertiary/aromatic N) is 2. The summed E-state index contributed by atoms with van der Waals surface area (Å²) in [5, 5.41) is 8.61. The lowest BCUT2D eigenvalue weighted by atomic mass is 10.2. The lowest BCUT2D eigenvalue weighted by molar-refractivity contribution is -0.150. The number of nitriles is 1. The number of ether oxygens (including phenoxy) is 2. The van der Waals surface area contributed by atoms with Crippen LogP contribution in [0.15, 0.2) is 0 Å². The average molecular weight is 242 g/mol. The van der Waals surface area contributed by atoms with Crippen molar-refractivity contribution >= 4 is 5.97 Å². The SMILES string of the molecule is CCOC(=O)C(CC)N(CCC#N)CCOC. The zero-order valence-electron chi connectivity index (χ0n) is 10.9. The van der Waals surface area contributed by atoms with E-state index in [-0.39, 0.29) is 12.0 Å². The standard InChI is InChI=1S/C12H22N2O3/c1-4-11(12(15)17-5-2)14(8-6-7-13)9-10-16-3/h11H,4-6,8-10H2,1-3H3. The van der Waals surface area contributed by atoms with Gasteiger partial charge in [0.25, 0.3) is 0 Å². The van der Waals surface area contributed by atoms with E-state index in [4.69, 9.17) is 14.7 Å². The Hall–Kier alpha value is -1.12. The number of carbonyl (C=O) groups excluding carboxylic acids is 1. The van der Waals surface area contributed by atoms with E-state index < -0.39 is 0 Å². The van der Waals surface area contributed by atoms with Crippen LogP contribution in [0.3, 0.4) is 0 Å². The zero-order valence-corrected chi connectivity index (χ0v) is 10.9. The zero-order chi connectivity index (χ0) is 13.1. The lowest BCUT2D eigenvalue weighted by Gasteiger charge is -2.28. The maximum atomic E-state index is 11.8. The lowest BCUT2D eigenvalue weighted by Crippen LogP contribution is -2.44. The summed E-state index contributed by atoms with van der Waals surface area (Å²) in [7, 11) is 1.62. The van der Waals surface area contributed by atoms with E-state index in [0.29, 0.717) is 39.1 Å². The van der Waals surface area contributed by atoms with E-state index in [9.17, 15) is 4.79 Å². The highest BCUT2D eigenvalue weighted by atomic mass is 16.5. The van der Waals surface area contributed by atoms with E-state index in [1.165, 1.54) is 0 Å². The molecule has 0 rings (SSSR count). The summed E-state index contributed by atoms with van der Waals surface area (Å²) >= 11 is 0. The summed E-state index contributed by atoms with van der Waals surface area (Å²) in [5.41, 5.74) is 0. The molecule has 1 atom stereocenters. The molecular weight excluding hydrogens is 220 g/mol. The first kappa shape index (κ1) is 15.9. The number of hydrogen-bond donors (Lipinski definition) is 0. The van der Waals surface area contributed by atoms with Gasteiger partial charge in [-0.2, -0.15) is 5.26 Å². The van der Waals surface area contributed by atoms with E-state index in [0.717, 1.165) is 0 Å². The van der Waals surface area contributed by atoms with Crippen molar-refractivity contribution in [3.63, 3.8) is 0 Å². The molecule has 0 N–H and O–H groups in total. The Bertz CT molecular complexity index is 251. The van der Waals surface area contributed by atoms with Gasteiger partial charge in [0.05, 0.1) is 19.3 Å². The molecule has 5 heteroatoms. The van der Waals surface area contributed by atoms with E-state index in [2.05, 4.69) is 6.07 Å². The molecule has 0 aromatic carbocycles. The highest BCUT2D eigenvalue weighted by Gasteiger charge is 2.24. The third-order valence-electron chi connectivity index (χ3n) is 2.48. The highest BCUT2D eigenvalue weighted by Crippen LogP contribution is 2.07. The van der Waals surface area contributed by atoms with Gasteiger partial charge in [0.1, 0.15) is 6.04 Å². The van der Waals surface area contributed by atoms with E-state index in [1.807, 2.05) is 11.8 Å². The topological polar surface area (TPSA) is 62.6 Å². The fourth-order valence-electron chi connectivity index (χ4n) is 1.64. The second kappa shape index (κ2) is 10.1. The first-order valence-electron chi connectivity index (χ1n) is 5.97. The van der Waals surface area contributed by atoms with Gasteiger partial charge in [0.15, 0.2) is 0 Å². The van der Waals surface area contributed by atoms with Gasteiger partial charge in [-0.25, -0.2) is 0 Å². The molecule has 98 valence electrons. The number of rotatable bonds is 9. The summed E-state index contributed by atoms with van der Waals surface area (Å²) in [5.74, 6) is -0.218. The predicted octanol–water partition coefficient (Wildman–Crippen LogP) is 1.19. The largest absolute Gasteiger partial charge is 0.465 e. The molecule has 0 heterocycles. The van der Waals surface area contributed by atoms with Gasteiger partial charge in [-0.3, -0.25) is 9.69 Å². The van der Waals surface area contributed by atoms with Crippen molar-refractivity contribution < 1.29 is 14.3 Å². The molecule has 0 aliphatic rings. The Morgan fingerprint density at radius 2 is 2.12 bits per heavy atom. The second-order valence-electron chi connectivity index (χ2n) is 3.61. The molecule has 0 aromatic heterocycles. The molecule has 0 saturated heterocycles. The van der Waals surface area contributed by atoms with Crippen molar-refractivity contribution in [1.82, 2.24) is 4.90 Å². The highest BCUT2D eigenvalue weighted by molar-refractivity contribution is 5.75. The Kier molecular flexibility index (Phi) is 9.40. The number of hydrogen-bond acceptors (Lipinski definition) is 5. The Balaban J connectivity index is 4.47. The minimum atomic E-state index is -0.279. The van der Waals surface area contributed by atoms with Crippen LogP contribution < -0.4 is 0 Å². The third-order valence-corrected chi connectivity index (χ3v) is 2.48. The van der Waals surface area contributed by atoms with Gasteiger partial charge in [-0.15, -0.1) is 0 Å². The first-order valence-corrected chi connectivity index (χ1v) is 5.97. The van der Waals surface area contributed by atoms with Crippen LogP contribution in [0.25, 0.3) is 0 Å². The molecule has 0 saturated carbocycles. The fraction of sp³-hybridized carbons (Fsp3) is 0.833. The van der Waals surface area contributed by atoms with E-state index >= 15 is 0 Å². The fourth-order valence-corrected chi connectivity index (χ4v) is 1.64. The monoisotopic (exact) mass is 242 g/mol. The van der Waals surface area contributed by atoms with Crippen LogP contribution in [0.1, 0.15) is 26.7 Å². The van der Waals surface area contributed by atoms with Crippen molar-refractivity contribution in [3.8, 4) is 6.07 Å². The molecule has 1 unspecified atom stereocenters. The average Bonchev–Trinajstić information content (AvgIpc) is 2.33. The van der Waals surface area contributed by atoms with Crippen LogP contribution in [0.4, 0.5) is 0 Å². The van der Waals surface area contributed by atoms with Crippen molar-refractivity contribution in [1.29, 1.82) is 5.26 Å². The van der Waals surface area contributed by atoms with Crippen LogP contribution in [-0.4, -0.2) is 50.3 Å². The van der Waals surface area contributed by atoms with Crippen molar-refractivity contribution in [3.05, 3.63) is 0 Å². The van der Waals surface area contributed by atoms with E-state index in [1.54, 1.807) is 14.0 Å². The molecule has 0 aromatic rings. The van der Waals surface area contributed by atoms with Gasteiger partial charge >= 0.3 is 5.97 Å². The number of carbonyl (C=O) groups is 1. The maximum absolute atomic E-state index is 11.8. The van der Waals surface area contributed by atoms with Crippen LogP contribution in [0, 0.1) is 11.3 Å². The predicted molar refractivity (Wildman–Crippen MR) is 64.4 cm³/mol. The molecule has 0 bridgehead atoms. The Morgan fingerprint density at radius 3 is 2.59 bits per heavy atom. The number of methoxy groups -OCH3 is 1. The molecule has 5 nitrogen and oxygen atoms in total. The van der Waals surface area contributed by atoms with Gasteiger partial charge < -0.3 is 9.47 Å². The second-order valence-corrected chi connectivity index (χ2v) is 3.61. The van der Waals surface area contributed by atoms with Crippen molar-refractivity contribution in [2.45, 2.75) is 32.7 Å². The van der Waals surface area contributed by atoms with Crippen LogP contribution >= 0.6 is 0 Å². The molecule has 0 aliphatic carbocycles. The summed E-state index contributed by atoms with van der Waals surface area (Å²) in [6.07, 6.45) is 1.08. The quantitative estimate of drug-likeness (QED) is 0.568. The summed E-state index contributed by atoms with van der Waals surface area (Å²) in [6, 6.07) is 1.81. The minimum absolute atomic E-state index is 0.218. The first-order chi connectivity index (χ1) is 8.21. The Labute approximate surface area is 103 Å².